The van der Waals surface area contributed by atoms with Crippen molar-refractivity contribution in [2.45, 2.75) is 6.61 Å². The molecule has 27 heavy (non-hydrogen) atoms. The lowest BCUT2D eigenvalue weighted by Gasteiger charge is -2.09. The standard InChI is InChI=1S/C19H15N3O4S/c23-19(18-6-3-11-27-18)21-20-12-15-4-1-2-5-17(15)26-13-14-7-9-16(10-8-14)22(24)25/h1-12H,13H2,(H,21,23)/b20-12-. The highest BCUT2D eigenvalue weighted by molar-refractivity contribution is 7.12. The minimum atomic E-state index is -0.444. The summed E-state index contributed by atoms with van der Waals surface area (Å²) in [4.78, 5) is 22.7. The Labute approximate surface area is 159 Å². The van der Waals surface area contributed by atoms with Crippen LogP contribution < -0.4 is 10.2 Å². The summed E-state index contributed by atoms with van der Waals surface area (Å²) in [6.07, 6.45) is 1.51. The average molecular weight is 381 g/mol. The SMILES string of the molecule is O=C(N/N=C\c1ccccc1OCc1ccc([N+](=O)[O-])cc1)c1cccs1. The van der Waals surface area contributed by atoms with Gasteiger partial charge in [0.05, 0.1) is 16.0 Å². The maximum Gasteiger partial charge on any atom is 0.281 e. The molecule has 0 saturated carbocycles. The highest BCUT2D eigenvalue weighted by Gasteiger charge is 2.07. The van der Waals surface area contributed by atoms with Crippen LogP contribution in [0, 0.1) is 10.1 Å². The second-order valence-electron chi connectivity index (χ2n) is 5.43. The van der Waals surface area contributed by atoms with Gasteiger partial charge in [-0.1, -0.05) is 18.2 Å². The molecule has 7 nitrogen and oxygen atoms in total. The third kappa shape index (κ3) is 4.99. The predicted molar refractivity (Wildman–Crippen MR) is 103 cm³/mol. The summed E-state index contributed by atoms with van der Waals surface area (Å²) in [5.41, 5.74) is 4.01. The third-order valence-electron chi connectivity index (χ3n) is 3.58. The number of non-ortho nitro benzene ring substituents is 1. The summed E-state index contributed by atoms with van der Waals surface area (Å²) in [6, 6.07) is 16.9. The molecule has 0 fully saturated rings. The summed E-state index contributed by atoms with van der Waals surface area (Å²) in [7, 11) is 0. The maximum absolute atomic E-state index is 11.9. The molecule has 0 aliphatic carbocycles. The molecule has 0 atom stereocenters. The van der Waals surface area contributed by atoms with Gasteiger partial charge in [0, 0.05) is 17.7 Å². The van der Waals surface area contributed by atoms with E-state index in [1.54, 1.807) is 30.3 Å². The molecule has 0 aliphatic heterocycles. The summed E-state index contributed by atoms with van der Waals surface area (Å²) >= 11 is 1.34. The van der Waals surface area contributed by atoms with E-state index in [1.807, 2.05) is 23.6 Å². The number of hydrogen-bond donors (Lipinski definition) is 1. The summed E-state index contributed by atoms with van der Waals surface area (Å²) in [6.45, 7) is 0.254. The van der Waals surface area contributed by atoms with Crippen molar-refractivity contribution in [3.05, 3.63) is 92.2 Å². The van der Waals surface area contributed by atoms with Gasteiger partial charge in [-0.2, -0.15) is 5.10 Å². The van der Waals surface area contributed by atoms with Crippen LogP contribution in [0.2, 0.25) is 0 Å². The Kier molecular flexibility index (Phi) is 5.91. The monoisotopic (exact) mass is 381 g/mol. The van der Waals surface area contributed by atoms with Gasteiger partial charge in [0.15, 0.2) is 0 Å². The van der Waals surface area contributed by atoms with E-state index in [0.29, 0.717) is 16.2 Å². The molecule has 0 aliphatic rings. The van der Waals surface area contributed by atoms with E-state index in [0.717, 1.165) is 5.56 Å². The van der Waals surface area contributed by atoms with Crippen LogP contribution in [0.4, 0.5) is 5.69 Å². The first-order valence-corrected chi connectivity index (χ1v) is 8.83. The number of para-hydroxylation sites is 1. The Bertz CT molecular complexity index is 953. The molecule has 1 heterocycles. The van der Waals surface area contributed by atoms with Crippen molar-refractivity contribution < 1.29 is 14.5 Å². The van der Waals surface area contributed by atoms with E-state index in [4.69, 9.17) is 4.74 Å². The highest BCUT2D eigenvalue weighted by atomic mass is 32.1. The number of nitrogens with one attached hydrogen (secondary N) is 1. The fraction of sp³-hybridized carbons (Fsp3) is 0.0526. The van der Waals surface area contributed by atoms with Crippen LogP contribution in [-0.4, -0.2) is 17.0 Å². The number of nitrogens with zero attached hydrogens (tertiary/aromatic N) is 2. The van der Waals surface area contributed by atoms with Gasteiger partial charge >= 0.3 is 0 Å². The first-order valence-electron chi connectivity index (χ1n) is 7.95. The van der Waals surface area contributed by atoms with Gasteiger partial charge in [0.25, 0.3) is 11.6 Å². The zero-order valence-electron chi connectivity index (χ0n) is 14.1. The van der Waals surface area contributed by atoms with Gasteiger partial charge in [-0.3, -0.25) is 14.9 Å². The Morgan fingerprint density at radius 1 is 1.15 bits per heavy atom. The van der Waals surface area contributed by atoms with Gasteiger partial charge in [-0.25, -0.2) is 5.43 Å². The van der Waals surface area contributed by atoms with Crippen molar-refractivity contribution >= 4 is 29.1 Å². The fourth-order valence-electron chi connectivity index (χ4n) is 2.22. The van der Waals surface area contributed by atoms with E-state index in [-0.39, 0.29) is 18.2 Å². The van der Waals surface area contributed by atoms with Crippen LogP contribution >= 0.6 is 11.3 Å². The number of nitro groups is 1. The number of nitro benzene ring substituents is 1. The van der Waals surface area contributed by atoms with Crippen LogP contribution in [0.25, 0.3) is 0 Å². The van der Waals surface area contributed by atoms with Crippen molar-refractivity contribution in [1.82, 2.24) is 5.43 Å². The quantitative estimate of drug-likeness (QED) is 0.380. The van der Waals surface area contributed by atoms with Crippen LogP contribution in [0.5, 0.6) is 5.75 Å². The molecular formula is C19H15N3O4S. The Morgan fingerprint density at radius 3 is 2.63 bits per heavy atom. The topological polar surface area (TPSA) is 93.8 Å². The average Bonchev–Trinajstić information content (AvgIpc) is 3.22. The molecule has 0 spiro atoms. The Balaban J connectivity index is 1.62. The zero-order valence-corrected chi connectivity index (χ0v) is 14.9. The van der Waals surface area contributed by atoms with Crippen LogP contribution in [0.15, 0.2) is 71.1 Å². The first-order chi connectivity index (χ1) is 13.1. The maximum atomic E-state index is 11.9. The van der Waals surface area contributed by atoms with E-state index >= 15 is 0 Å². The highest BCUT2D eigenvalue weighted by Crippen LogP contribution is 2.19. The van der Waals surface area contributed by atoms with Crippen molar-refractivity contribution in [2.24, 2.45) is 5.10 Å². The summed E-state index contributed by atoms with van der Waals surface area (Å²) in [5, 5.41) is 16.5. The normalized spacial score (nSPS) is 10.7. The number of rotatable bonds is 7. The molecule has 2 aromatic carbocycles. The van der Waals surface area contributed by atoms with Crippen molar-refractivity contribution in [3.63, 3.8) is 0 Å². The molecule has 0 bridgehead atoms. The van der Waals surface area contributed by atoms with Crippen molar-refractivity contribution in [1.29, 1.82) is 0 Å². The number of carbonyl (C=O) groups is 1. The number of amides is 1. The third-order valence-corrected chi connectivity index (χ3v) is 4.44. The first kappa shape index (κ1) is 18.3. The van der Waals surface area contributed by atoms with Crippen molar-refractivity contribution in [2.75, 3.05) is 0 Å². The van der Waals surface area contributed by atoms with E-state index in [2.05, 4.69) is 10.5 Å². The molecule has 0 saturated heterocycles. The van der Waals surface area contributed by atoms with Gasteiger partial charge < -0.3 is 4.74 Å². The molecule has 8 heteroatoms. The fourth-order valence-corrected chi connectivity index (χ4v) is 2.83. The summed E-state index contributed by atoms with van der Waals surface area (Å²) in [5.74, 6) is 0.315. The van der Waals surface area contributed by atoms with Crippen LogP contribution in [0.3, 0.4) is 0 Å². The Hall–Kier alpha value is -3.52. The number of hydrazone groups is 1. The molecule has 1 N–H and O–H groups in total. The van der Waals surface area contributed by atoms with Crippen LogP contribution in [0.1, 0.15) is 20.8 Å². The minimum absolute atomic E-state index is 0.0350. The number of ether oxygens (including phenoxy) is 1. The van der Waals surface area contributed by atoms with Gasteiger partial charge in [-0.05, 0) is 41.3 Å². The molecule has 1 amide bonds. The van der Waals surface area contributed by atoms with Gasteiger partial charge in [-0.15, -0.1) is 11.3 Å². The van der Waals surface area contributed by atoms with E-state index in [1.165, 1.54) is 29.7 Å². The van der Waals surface area contributed by atoms with Gasteiger partial charge in [0.2, 0.25) is 0 Å². The lowest BCUT2D eigenvalue weighted by Crippen LogP contribution is -2.16. The van der Waals surface area contributed by atoms with E-state index in [9.17, 15) is 14.9 Å². The van der Waals surface area contributed by atoms with Gasteiger partial charge in [0.1, 0.15) is 12.4 Å². The van der Waals surface area contributed by atoms with E-state index < -0.39 is 4.92 Å². The van der Waals surface area contributed by atoms with Crippen molar-refractivity contribution in [3.8, 4) is 5.75 Å². The zero-order chi connectivity index (χ0) is 19.1. The lowest BCUT2D eigenvalue weighted by molar-refractivity contribution is -0.384. The number of carbonyl (C=O) groups excluding carboxylic acids is 1. The molecule has 0 unspecified atom stereocenters. The number of hydrogen-bond acceptors (Lipinski definition) is 6. The molecular weight excluding hydrogens is 366 g/mol. The van der Waals surface area contributed by atoms with Crippen LogP contribution in [-0.2, 0) is 6.61 Å². The largest absolute Gasteiger partial charge is 0.488 e. The minimum Gasteiger partial charge on any atom is -0.488 e. The predicted octanol–water partition coefficient (Wildman–Crippen LogP) is 4.00. The molecule has 1 aromatic heterocycles. The number of benzene rings is 2. The second kappa shape index (κ2) is 8.72. The number of thiophene rings is 1. The molecule has 3 aromatic rings. The lowest BCUT2D eigenvalue weighted by atomic mass is 10.2. The molecule has 0 radical (unpaired) electrons. The molecule has 3 rings (SSSR count). The molecule has 136 valence electrons. The summed E-state index contributed by atoms with van der Waals surface area (Å²) < 4.78 is 5.78. The smallest absolute Gasteiger partial charge is 0.281 e. The Morgan fingerprint density at radius 2 is 1.93 bits per heavy atom. The second-order valence-corrected chi connectivity index (χ2v) is 6.37.